The summed E-state index contributed by atoms with van der Waals surface area (Å²) in [7, 11) is 0. The quantitative estimate of drug-likeness (QED) is 0.360. The van der Waals surface area contributed by atoms with Gasteiger partial charge in [-0.05, 0) is 64.2 Å². The van der Waals surface area contributed by atoms with Crippen LogP contribution < -0.4 is 0 Å². The molecule has 4 aromatic carbocycles. The molecule has 4 aromatic rings. The standard InChI is InChI=1S/C26H19Cl2NO/c27-20-10-5-17(6-11-20)25(15-26(30)18-7-12-21(28)13-8-18)24-14-9-19(16-29)22-3-1-2-4-23(22)24/h1-14,25-26,30H,15H2. The molecule has 2 unspecified atom stereocenters. The zero-order valence-corrected chi connectivity index (χ0v) is 17.6. The zero-order valence-electron chi connectivity index (χ0n) is 16.1. The van der Waals surface area contributed by atoms with Crippen LogP contribution in [0.1, 0.15) is 40.7 Å². The molecular formula is C26H19Cl2NO. The molecule has 0 saturated heterocycles. The Balaban J connectivity index is 1.82. The van der Waals surface area contributed by atoms with E-state index in [1.54, 1.807) is 12.1 Å². The van der Waals surface area contributed by atoms with E-state index in [1.165, 1.54) is 0 Å². The molecule has 0 aliphatic rings. The molecule has 0 amide bonds. The van der Waals surface area contributed by atoms with Gasteiger partial charge in [0.2, 0.25) is 0 Å². The molecule has 0 fully saturated rings. The van der Waals surface area contributed by atoms with E-state index in [9.17, 15) is 10.4 Å². The highest BCUT2D eigenvalue weighted by Crippen LogP contribution is 2.38. The number of aliphatic hydroxyl groups is 1. The Morgan fingerprint density at radius 2 is 1.30 bits per heavy atom. The lowest BCUT2D eigenvalue weighted by molar-refractivity contribution is 0.162. The molecule has 2 nitrogen and oxygen atoms in total. The molecule has 0 spiro atoms. The van der Waals surface area contributed by atoms with Gasteiger partial charge in [0.05, 0.1) is 17.7 Å². The lowest BCUT2D eigenvalue weighted by Gasteiger charge is -2.24. The topological polar surface area (TPSA) is 44.0 Å². The van der Waals surface area contributed by atoms with E-state index in [1.807, 2.05) is 72.8 Å². The minimum absolute atomic E-state index is 0.0782. The number of benzene rings is 4. The molecule has 148 valence electrons. The van der Waals surface area contributed by atoms with E-state index in [2.05, 4.69) is 6.07 Å². The SMILES string of the molecule is N#Cc1ccc(C(CC(O)c2ccc(Cl)cc2)c2ccc(Cl)cc2)c2ccccc12. The van der Waals surface area contributed by atoms with Crippen LogP contribution in [0, 0.1) is 11.3 Å². The molecule has 4 heteroatoms. The van der Waals surface area contributed by atoms with Gasteiger partial charge in [0.15, 0.2) is 0 Å². The second-order valence-electron chi connectivity index (χ2n) is 7.27. The highest BCUT2D eigenvalue weighted by molar-refractivity contribution is 6.30. The van der Waals surface area contributed by atoms with Gasteiger partial charge in [0.1, 0.15) is 0 Å². The third kappa shape index (κ3) is 4.20. The van der Waals surface area contributed by atoms with Crippen molar-refractivity contribution in [2.24, 2.45) is 0 Å². The maximum Gasteiger partial charge on any atom is 0.0998 e. The fourth-order valence-electron chi connectivity index (χ4n) is 3.91. The molecule has 4 rings (SSSR count). The third-order valence-corrected chi connectivity index (χ3v) is 5.94. The van der Waals surface area contributed by atoms with E-state index in [0.717, 1.165) is 27.5 Å². The Morgan fingerprint density at radius 1 is 0.733 bits per heavy atom. The van der Waals surface area contributed by atoms with Gasteiger partial charge in [-0.1, -0.05) is 77.8 Å². The van der Waals surface area contributed by atoms with Gasteiger partial charge in [0, 0.05) is 16.0 Å². The van der Waals surface area contributed by atoms with E-state index in [-0.39, 0.29) is 5.92 Å². The summed E-state index contributed by atoms with van der Waals surface area (Å²) in [4.78, 5) is 0. The van der Waals surface area contributed by atoms with Crippen LogP contribution in [0.3, 0.4) is 0 Å². The van der Waals surface area contributed by atoms with Gasteiger partial charge in [-0.3, -0.25) is 0 Å². The molecule has 0 aliphatic heterocycles. The van der Waals surface area contributed by atoms with Crippen LogP contribution in [0.25, 0.3) is 10.8 Å². The summed E-state index contributed by atoms with van der Waals surface area (Å²) in [5.41, 5.74) is 3.58. The summed E-state index contributed by atoms with van der Waals surface area (Å²) in [5.74, 6) is -0.0782. The number of nitriles is 1. The summed E-state index contributed by atoms with van der Waals surface area (Å²) < 4.78 is 0. The molecule has 0 aliphatic carbocycles. The van der Waals surface area contributed by atoms with Gasteiger partial charge in [-0.15, -0.1) is 0 Å². The summed E-state index contributed by atoms with van der Waals surface area (Å²) in [6.45, 7) is 0. The second kappa shape index (κ2) is 8.90. The average Bonchev–Trinajstić information content (AvgIpc) is 2.78. The monoisotopic (exact) mass is 431 g/mol. The van der Waals surface area contributed by atoms with Crippen molar-refractivity contribution in [1.82, 2.24) is 0 Å². The Bertz CT molecular complexity index is 1210. The minimum atomic E-state index is -0.669. The molecule has 0 aromatic heterocycles. The number of halogens is 2. The van der Waals surface area contributed by atoms with Crippen LogP contribution in [0.4, 0.5) is 0 Å². The first-order chi connectivity index (χ1) is 14.6. The Labute approximate surface area is 185 Å². The van der Waals surface area contributed by atoms with Crippen LogP contribution in [-0.4, -0.2) is 5.11 Å². The lowest BCUT2D eigenvalue weighted by Crippen LogP contribution is -2.09. The van der Waals surface area contributed by atoms with Crippen LogP contribution in [0.15, 0.2) is 84.9 Å². The van der Waals surface area contributed by atoms with Crippen molar-refractivity contribution in [2.45, 2.75) is 18.4 Å². The fraction of sp³-hybridized carbons (Fsp3) is 0.115. The van der Waals surface area contributed by atoms with Crippen molar-refractivity contribution in [3.05, 3.63) is 117 Å². The number of rotatable bonds is 5. The zero-order chi connectivity index (χ0) is 21.1. The predicted octanol–water partition coefficient (Wildman–Crippen LogP) is 7.27. The van der Waals surface area contributed by atoms with Crippen LogP contribution in [0.5, 0.6) is 0 Å². The first kappa shape index (κ1) is 20.4. The number of hydrogen-bond acceptors (Lipinski definition) is 2. The van der Waals surface area contributed by atoms with Crippen molar-refractivity contribution in [3.8, 4) is 6.07 Å². The Morgan fingerprint density at radius 3 is 1.90 bits per heavy atom. The predicted molar refractivity (Wildman–Crippen MR) is 123 cm³/mol. The molecule has 0 radical (unpaired) electrons. The maximum absolute atomic E-state index is 11.0. The van der Waals surface area contributed by atoms with E-state index < -0.39 is 6.10 Å². The Kier molecular flexibility index (Phi) is 6.06. The van der Waals surface area contributed by atoms with Crippen molar-refractivity contribution in [3.63, 3.8) is 0 Å². The Hall–Kier alpha value is -2.83. The molecule has 2 atom stereocenters. The summed E-state index contributed by atoms with van der Waals surface area (Å²) in [5, 5.41) is 23.8. The van der Waals surface area contributed by atoms with Crippen molar-refractivity contribution in [1.29, 1.82) is 5.26 Å². The molecule has 0 saturated carbocycles. The number of nitrogens with zero attached hydrogens (tertiary/aromatic N) is 1. The van der Waals surface area contributed by atoms with E-state index in [0.29, 0.717) is 22.0 Å². The van der Waals surface area contributed by atoms with Crippen LogP contribution in [-0.2, 0) is 0 Å². The first-order valence-electron chi connectivity index (χ1n) is 9.67. The number of fused-ring (bicyclic) bond motifs is 1. The largest absolute Gasteiger partial charge is 0.388 e. The summed E-state index contributed by atoms with van der Waals surface area (Å²) >= 11 is 12.1. The van der Waals surface area contributed by atoms with Crippen LogP contribution in [0.2, 0.25) is 10.0 Å². The third-order valence-electron chi connectivity index (χ3n) is 5.44. The minimum Gasteiger partial charge on any atom is -0.388 e. The number of aliphatic hydroxyl groups excluding tert-OH is 1. The second-order valence-corrected chi connectivity index (χ2v) is 8.14. The van der Waals surface area contributed by atoms with Crippen molar-refractivity contribution in [2.75, 3.05) is 0 Å². The van der Waals surface area contributed by atoms with Crippen LogP contribution >= 0.6 is 23.2 Å². The van der Waals surface area contributed by atoms with Crippen molar-refractivity contribution >= 4 is 34.0 Å². The summed E-state index contributed by atoms with van der Waals surface area (Å²) in [6.07, 6.45) is -0.184. The molecule has 30 heavy (non-hydrogen) atoms. The lowest BCUT2D eigenvalue weighted by atomic mass is 9.82. The fourth-order valence-corrected chi connectivity index (χ4v) is 4.16. The van der Waals surface area contributed by atoms with Crippen molar-refractivity contribution < 1.29 is 5.11 Å². The first-order valence-corrected chi connectivity index (χ1v) is 10.4. The summed E-state index contributed by atoms with van der Waals surface area (Å²) in [6, 6.07) is 29.0. The maximum atomic E-state index is 11.0. The van der Waals surface area contributed by atoms with E-state index in [4.69, 9.17) is 23.2 Å². The average molecular weight is 432 g/mol. The van der Waals surface area contributed by atoms with Gasteiger partial charge < -0.3 is 5.11 Å². The highest BCUT2D eigenvalue weighted by atomic mass is 35.5. The molecule has 0 heterocycles. The van der Waals surface area contributed by atoms with Gasteiger partial charge in [-0.2, -0.15) is 5.26 Å². The highest BCUT2D eigenvalue weighted by Gasteiger charge is 2.22. The van der Waals surface area contributed by atoms with Gasteiger partial charge in [-0.25, -0.2) is 0 Å². The van der Waals surface area contributed by atoms with Gasteiger partial charge in [0.25, 0.3) is 0 Å². The smallest absolute Gasteiger partial charge is 0.0998 e. The molecule has 0 bridgehead atoms. The van der Waals surface area contributed by atoms with E-state index >= 15 is 0 Å². The normalized spacial score (nSPS) is 13.0. The van der Waals surface area contributed by atoms with Gasteiger partial charge >= 0.3 is 0 Å². The number of hydrogen-bond donors (Lipinski definition) is 1. The molecule has 1 N–H and O–H groups in total. The molecular weight excluding hydrogens is 413 g/mol.